The Morgan fingerprint density at radius 2 is 1.74 bits per heavy atom. The molecule has 5 rings (SSSR count). The number of piperidine rings is 1. The quantitative estimate of drug-likeness (QED) is 0.340. The molecule has 3 aromatic carbocycles. The molecular formula is C30H35N3O. The Hall–Kier alpha value is -3.11. The molecule has 1 aliphatic heterocycles. The Bertz CT molecular complexity index is 1260. The van der Waals surface area contributed by atoms with E-state index < -0.39 is 0 Å². The largest absolute Gasteiger partial charge is 0.457 e. The van der Waals surface area contributed by atoms with Gasteiger partial charge in [-0.05, 0) is 73.7 Å². The van der Waals surface area contributed by atoms with Gasteiger partial charge in [0, 0.05) is 17.6 Å². The number of imidazole rings is 1. The Kier molecular flexibility index (Phi) is 6.18. The molecule has 0 amide bonds. The van der Waals surface area contributed by atoms with Crippen molar-refractivity contribution in [2.24, 2.45) is 0 Å². The van der Waals surface area contributed by atoms with Crippen molar-refractivity contribution in [3.05, 3.63) is 78.4 Å². The van der Waals surface area contributed by atoms with Crippen LogP contribution in [0.1, 0.15) is 58.6 Å². The van der Waals surface area contributed by atoms with Crippen LogP contribution in [0.2, 0.25) is 0 Å². The SMILES string of the molecule is CC(C1CCCCN1)n1c(-c2cccc(Oc3ccc(C(C)(C)C)cc3)c2)nc2ccccc21. The van der Waals surface area contributed by atoms with Crippen molar-refractivity contribution in [1.82, 2.24) is 14.9 Å². The second-order valence-corrected chi connectivity index (χ2v) is 10.5. The van der Waals surface area contributed by atoms with Gasteiger partial charge in [-0.3, -0.25) is 0 Å². The molecule has 2 atom stereocenters. The highest BCUT2D eigenvalue weighted by Crippen LogP contribution is 2.34. The van der Waals surface area contributed by atoms with Crippen molar-refractivity contribution >= 4 is 11.0 Å². The number of benzene rings is 3. The summed E-state index contributed by atoms with van der Waals surface area (Å²) in [4.78, 5) is 5.07. The Morgan fingerprint density at radius 1 is 0.941 bits per heavy atom. The fourth-order valence-electron chi connectivity index (χ4n) is 4.99. The molecule has 1 N–H and O–H groups in total. The van der Waals surface area contributed by atoms with Crippen molar-refractivity contribution in [2.75, 3.05) is 6.54 Å². The van der Waals surface area contributed by atoms with Crippen LogP contribution in [-0.4, -0.2) is 22.1 Å². The highest BCUT2D eigenvalue weighted by atomic mass is 16.5. The third kappa shape index (κ3) is 4.60. The van der Waals surface area contributed by atoms with E-state index >= 15 is 0 Å². The minimum atomic E-state index is 0.126. The first kappa shape index (κ1) is 22.7. The molecule has 4 aromatic rings. The normalized spacial score (nSPS) is 17.6. The van der Waals surface area contributed by atoms with Gasteiger partial charge in [0.25, 0.3) is 0 Å². The van der Waals surface area contributed by atoms with Gasteiger partial charge in [0.05, 0.1) is 11.0 Å². The zero-order chi connectivity index (χ0) is 23.7. The molecule has 2 unspecified atom stereocenters. The second kappa shape index (κ2) is 9.27. The molecule has 0 bridgehead atoms. The van der Waals surface area contributed by atoms with E-state index in [0.717, 1.165) is 34.9 Å². The van der Waals surface area contributed by atoms with Gasteiger partial charge >= 0.3 is 0 Å². The van der Waals surface area contributed by atoms with E-state index in [9.17, 15) is 0 Å². The van der Waals surface area contributed by atoms with Crippen LogP contribution in [-0.2, 0) is 5.41 Å². The molecule has 0 saturated carbocycles. The molecule has 4 nitrogen and oxygen atoms in total. The lowest BCUT2D eigenvalue weighted by Gasteiger charge is -2.31. The summed E-state index contributed by atoms with van der Waals surface area (Å²) in [6.07, 6.45) is 3.74. The van der Waals surface area contributed by atoms with E-state index in [1.54, 1.807) is 0 Å². The molecule has 0 aliphatic carbocycles. The van der Waals surface area contributed by atoms with E-state index in [1.165, 1.54) is 30.3 Å². The van der Waals surface area contributed by atoms with Crippen LogP contribution in [0.3, 0.4) is 0 Å². The summed E-state index contributed by atoms with van der Waals surface area (Å²) >= 11 is 0. The first-order chi connectivity index (χ1) is 16.4. The lowest BCUT2D eigenvalue weighted by molar-refractivity contribution is 0.314. The third-order valence-corrected chi connectivity index (χ3v) is 6.98. The smallest absolute Gasteiger partial charge is 0.141 e. The Labute approximate surface area is 203 Å². The zero-order valence-electron chi connectivity index (χ0n) is 20.7. The predicted octanol–water partition coefficient (Wildman–Crippen LogP) is 7.50. The van der Waals surface area contributed by atoms with Gasteiger partial charge in [0.2, 0.25) is 0 Å². The maximum atomic E-state index is 6.25. The molecule has 1 aliphatic rings. The van der Waals surface area contributed by atoms with Crippen molar-refractivity contribution < 1.29 is 4.74 Å². The highest BCUT2D eigenvalue weighted by molar-refractivity contribution is 5.81. The van der Waals surface area contributed by atoms with Crippen LogP contribution in [0.25, 0.3) is 22.4 Å². The molecule has 0 spiro atoms. The number of hydrogen-bond donors (Lipinski definition) is 1. The van der Waals surface area contributed by atoms with E-state index in [4.69, 9.17) is 9.72 Å². The molecule has 176 valence electrons. The second-order valence-electron chi connectivity index (χ2n) is 10.5. The Balaban J connectivity index is 1.49. The standard InChI is InChI=1S/C30H35N3O/c1-21(26-12-7-8-19-31-26)33-28-14-6-5-13-27(28)32-29(33)22-10-9-11-25(20-22)34-24-17-15-23(16-18-24)30(2,3)4/h5-6,9-11,13-18,20-21,26,31H,7-8,12,19H2,1-4H3. The number of ether oxygens (including phenoxy) is 1. The van der Waals surface area contributed by atoms with Gasteiger partial charge in [-0.1, -0.05) is 63.6 Å². The topological polar surface area (TPSA) is 39.1 Å². The minimum Gasteiger partial charge on any atom is -0.457 e. The van der Waals surface area contributed by atoms with Crippen LogP contribution in [0.5, 0.6) is 11.5 Å². The van der Waals surface area contributed by atoms with Crippen molar-refractivity contribution in [3.8, 4) is 22.9 Å². The average molecular weight is 454 g/mol. The fraction of sp³-hybridized carbons (Fsp3) is 0.367. The van der Waals surface area contributed by atoms with Gasteiger partial charge in [-0.2, -0.15) is 0 Å². The number of para-hydroxylation sites is 2. The van der Waals surface area contributed by atoms with Gasteiger partial charge in [-0.15, -0.1) is 0 Å². The first-order valence-electron chi connectivity index (χ1n) is 12.5. The van der Waals surface area contributed by atoms with Crippen LogP contribution in [0, 0.1) is 0 Å². The van der Waals surface area contributed by atoms with E-state index in [2.05, 4.69) is 104 Å². The number of nitrogens with zero attached hydrogens (tertiary/aromatic N) is 2. The van der Waals surface area contributed by atoms with Gasteiger partial charge in [0.1, 0.15) is 17.3 Å². The summed E-state index contributed by atoms with van der Waals surface area (Å²) in [5.74, 6) is 2.66. The van der Waals surface area contributed by atoms with Crippen LogP contribution >= 0.6 is 0 Å². The molecule has 34 heavy (non-hydrogen) atoms. The van der Waals surface area contributed by atoms with E-state index in [-0.39, 0.29) is 5.41 Å². The molecule has 1 aromatic heterocycles. The number of nitrogens with one attached hydrogen (secondary N) is 1. The molecular weight excluding hydrogens is 418 g/mol. The summed E-state index contributed by atoms with van der Waals surface area (Å²) in [7, 11) is 0. The van der Waals surface area contributed by atoms with E-state index in [1.807, 2.05) is 6.07 Å². The van der Waals surface area contributed by atoms with Crippen LogP contribution in [0.4, 0.5) is 0 Å². The van der Waals surface area contributed by atoms with Crippen molar-refractivity contribution in [2.45, 2.75) is 64.5 Å². The monoisotopic (exact) mass is 453 g/mol. The van der Waals surface area contributed by atoms with Crippen LogP contribution in [0.15, 0.2) is 72.8 Å². The average Bonchev–Trinajstić information content (AvgIpc) is 3.24. The number of rotatable bonds is 5. The maximum Gasteiger partial charge on any atom is 0.141 e. The molecule has 4 heteroatoms. The number of aromatic nitrogens is 2. The zero-order valence-corrected chi connectivity index (χ0v) is 20.7. The summed E-state index contributed by atoms with van der Waals surface area (Å²) in [5.41, 5.74) is 4.71. The summed E-state index contributed by atoms with van der Waals surface area (Å²) < 4.78 is 8.66. The molecule has 1 saturated heterocycles. The molecule has 2 heterocycles. The lowest BCUT2D eigenvalue weighted by Crippen LogP contribution is -2.40. The summed E-state index contributed by atoms with van der Waals surface area (Å²) in [6, 6.07) is 25.9. The van der Waals surface area contributed by atoms with Gasteiger partial charge in [0.15, 0.2) is 0 Å². The fourth-order valence-corrected chi connectivity index (χ4v) is 4.99. The van der Waals surface area contributed by atoms with Crippen LogP contribution < -0.4 is 10.1 Å². The number of hydrogen-bond acceptors (Lipinski definition) is 3. The minimum absolute atomic E-state index is 0.126. The lowest BCUT2D eigenvalue weighted by atomic mass is 9.87. The third-order valence-electron chi connectivity index (χ3n) is 6.98. The summed E-state index contributed by atoms with van der Waals surface area (Å²) in [6.45, 7) is 10.1. The maximum absolute atomic E-state index is 6.25. The highest BCUT2D eigenvalue weighted by Gasteiger charge is 2.25. The summed E-state index contributed by atoms with van der Waals surface area (Å²) in [5, 5.41) is 3.74. The van der Waals surface area contributed by atoms with E-state index in [0.29, 0.717) is 12.1 Å². The predicted molar refractivity (Wildman–Crippen MR) is 141 cm³/mol. The van der Waals surface area contributed by atoms with Gasteiger partial charge in [-0.25, -0.2) is 4.98 Å². The molecule has 0 radical (unpaired) electrons. The first-order valence-corrected chi connectivity index (χ1v) is 12.5. The van der Waals surface area contributed by atoms with Crippen molar-refractivity contribution in [3.63, 3.8) is 0 Å². The Morgan fingerprint density at radius 3 is 2.47 bits per heavy atom. The van der Waals surface area contributed by atoms with Gasteiger partial charge < -0.3 is 14.6 Å². The number of fused-ring (bicyclic) bond motifs is 1. The van der Waals surface area contributed by atoms with Crippen molar-refractivity contribution in [1.29, 1.82) is 0 Å². The molecule has 1 fully saturated rings.